The van der Waals surface area contributed by atoms with Crippen LogP contribution in [0.25, 0.3) is 5.65 Å². The third kappa shape index (κ3) is 5.42. The van der Waals surface area contributed by atoms with Gasteiger partial charge in [0.1, 0.15) is 11.3 Å². The van der Waals surface area contributed by atoms with E-state index in [0.29, 0.717) is 37.3 Å². The van der Waals surface area contributed by atoms with Crippen LogP contribution in [-0.2, 0) is 4.79 Å². The standard InChI is InChI=1S/C26H33N5O2/c1-19-10-9-17-31-24(20(2)29-25(19)31)26(33)27-14-8-13-23(32)28-18-22(30-15-6-7-16-30)21-11-4-3-5-12-21/h3-5,9-12,17,22H,6-8,13-16,18H2,1-2H3,(H,27,33)(H,28,32). The van der Waals surface area contributed by atoms with Gasteiger partial charge in [-0.3, -0.25) is 18.9 Å². The van der Waals surface area contributed by atoms with E-state index >= 15 is 0 Å². The molecule has 1 atom stereocenters. The maximum atomic E-state index is 12.7. The molecule has 1 unspecified atom stereocenters. The molecule has 4 rings (SSSR count). The Kier molecular flexibility index (Phi) is 7.40. The fourth-order valence-corrected chi connectivity index (χ4v) is 4.61. The lowest BCUT2D eigenvalue weighted by Crippen LogP contribution is -2.37. The smallest absolute Gasteiger partial charge is 0.270 e. The average Bonchev–Trinajstić information content (AvgIpc) is 3.46. The van der Waals surface area contributed by atoms with E-state index in [-0.39, 0.29) is 17.9 Å². The molecule has 174 valence electrons. The van der Waals surface area contributed by atoms with Crippen molar-refractivity contribution in [3.63, 3.8) is 0 Å². The van der Waals surface area contributed by atoms with E-state index in [4.69, 9.17) is 0 Å². The van der Waals surface area contributed by atoms with Gasteiger partial charge in [-0.05, 0) is 63.4 Å². The highest BCUT2D eigenvalue weighted by molar-refractivity contribution is 5.94. The van der Waals surface area contributed by atoms with E-state index in [1.807, 2.05) is 42.6 Å². The molecule has 7 nitrogen and oxygen atoms in total. The minimum Gasteiger partial charge on any atom is -0.354 e. The van der Waals surface area contributed by atoms with Gasteiger partial charge in [-0.15, -0.1) is 0 Å². The second kappa shape index (κ2) is 10.6. The van der Waals surface area contributed by atoms with Crippen LogP contribution in [0.15, 0.2) is 48.7 Å². The molecule has 2 N–H and O–H groups in total. The van der Waals surface area contributed by atoms with Crippen LogP contribution in [0.2, 0.25) is 0 Å². The van der Waals surface area contributed by atoms with E-state index in [0.717, 1.165) is 24.3 Å². The van der Waals surface area contributed by atoms with Crippen LogP contribution >= 0.6 is 0 Å². The Bertz CT molecular complexity index is 1100. The number of nitrogens with zero attached hydrogens (tertiary/aromatic N) is 3. The monoisotopic (exact) mass is 447 g/mol. The summed E-state index contributed by atoms with van der Waals surface area (Å²) in [6.45, 7) is 7.02. The maximum absolute atomic E-state index is 12.7. The van der Waals surface area contributed by atoms with Crippen molar-refractivity contribution in [3.8, 4) is 0 Å². The molecule has 1 saturated heterocycles. The molecule has 0 radical (unpaired) electrons. The lowest BCUT2D eigenvalue weighted by atomic mass is 10.1. The Balaban J connectivity index is 1.25. The number of carbonyl (C=O) groups is 2. The maximum Gasteiger partial charge on any atom is 0.270 e. The van der Waals surface area contributed by atoms with Gasteiger partial charge in [-0.25, -0.2) is 4.98 Å². The van der Waals surface area contributed by atoms with Gasteiger partial charge in [0, 0.05) is 25.7 Å². The minimum absolute atomic E-state index is 0.0194. The molecular formula is C26H33N5O2. The molecule has 33 heavy (non-hydrogen) atoms. The molecule has 1 fully saturated rings. The van der Waals surface area contributed by atoms with E-state index < -0.39 is 0 Å². The predicted octanol–water partition coefficient (Wildman–Crippen LogP) is 3.41. The summed E-state index contributed by atoms with van der Waals surface area (Å²) in [7, 11) is 0. The second-order valence-electron chi connectivity index (χ2n) is 8.76. The Morgan fingerprint density at radius 2 is 1.79 bits per heavy atom. The molecule has 2 aromatic heterocycles. The summed E-state index contributed by atoms with van der Waals surface area (Å²) >= 11 is 0. The quantitative estimate of drug-likeness (QED) is 0.493. The number of amides is 2. The molecule has 0 spiro atoms. The summed E-state index contributed by atoms with van der Waals surface area (Å²) in [5.74, 6) is -0.143. The summed E-state index contributed by atoms with van der Waals surface area (Å²) in [4.78, 5) is 32.2. The number of carbonyl (C=O) groups excluding carboxylic acids is 2. The summed E-state index contributed by atoms with van der Waals surface area (Å²) in [5, 5.41) is 6.05. The average molecular weight is 448 g/mol. The number of nitrogens with one attached hydrogen (secondary N) is 2. The highest BCUT2D eigenvalue weighted by atomic mass is 16.2. The summed E-state index contributed by atoms with van der Waals surface area (Å²) < 4.78 is 1.83. The molecule has 0 saturated carbocycles. The number of fused-ring (bicyclic) bond motifs is 1. The first-order valence-corrected chi connectivity index (χ1v) is 11.8. The topological polar surface area (TPSA) is 78.7 Å². The number of likely N-dealkylation sites (tertiary alicyclic amines) is 1. The predicted molar refractivity (Wildman–Crippen MR) is 129 cm³/mol. The molecular weight excluding hydrogens is 414 g/mol. The van der Waals surface area contributed by atoms with Gasteiger partial charge in [-0.2, -0.15) is 0 Å². The van der Waals surface area contributed by atoms with Gasteiger partial charge in [0.15, 0.2) is 0 Å². The van der Waals surface area contributed by atoms with Gasteiger partial charge in [0.25, 0.3) is 5.91 Å². The molecule has 1 aromatic carbocycles. The number of aromatic nitrogens is 2. The summed E-state index contributed by atoms with van der Waals surface area (Å²) in [6, 6.07) is 14.5. The fraction of sp³-hybridized carbons (Fsp3) is 0.423. The van der Waals surface area contributed by atoms with Crippen molar-refractivity contribution in [2.75, 3.05) is 26.2 Å². The first-order chi connectivity index (χ1) is 16.0. The van der Waals surface area contributed by atoms with Crippen molar-refractivity contribution in [1.29, 1.82) is 0 Å². The molecule has 2 amide bonds. The van der Waals surface area contributed by atoms with Gasteiger partial charge >= 0.3 is 0 Å². The van der Waals surface area contributed by atoms with Crippen LogP contribution < -0.4 is 10.6 Å². The highest BCUT2D eigenvalue weighted by Crippen LogP contribution is 2.24. The number of rotatable bonds is 9. The SMILES string of the molecule is Cc1nc2c(C)cccn2c1C(=O)NCCCC(=O)NCC(c1ccccc1)N1CCCC1. The molecule has 3 aromatic rings. The zero-order valence-corrected chi connectivity index (χ0v) is 19.5. The van der Waals surface area contributed by atoms with Crippen LogP contribution in [0.4, 0.5) is 0 Å². The third-order valence-electron chi connectivity index (χ3n) is 6.36. The number of pyridine rings is 1. The molecule has 1 aliphatic rings. The summed E-state index contributed by atoms with van der Waals surface area (Å²) in [5.41, 5.74) is 4.32. The lowest BCUT2D eigenvalue weighted by molar-refractivity contribution is -0.121. The number of aryl methyl sites for hydroxylation is 2. The minimum atomic E-state index is -0.163. The Hall–Kier alpha value is -3.19. The first kappa shape index (κ1) is 23.0. The molecule has 3 heterocycles. The van der Waals surface area contributed by atoms with Gasteiger partial charge < -0.3 is 10.6 Å². The van der Waals surface area contributed by atoms with Gasteiger partial charge in [-0.1, -0.05) is 36.4 Å². The first-order valence-electron chi connectivity index (χ1n) is 11.8. The number of hydrogen-bond donors (Lipinski definition) is 2. The zero-order valence-electron chi connectivity index (χ0n) is 19.5. The van der Waals surface area contributed by atoms with Crippen LogP contribution in [-0.4, -0.2) is 52.3 Å². The van der Waals surface area contributed by atoms with Crippen molar-refractivity contribution < 1.29 is 9.59 Å². The number of benzene rings is 1. The fourth-order valence-electron chi connectivity index (χ4n) is 4.61. The van der Waals surface area contributed by atoms with E-state index in [1.54, 1.807) is 0 Å². The molecule has 0 aliphatic carbocycles. The van der Waals surface area contributed by atoms with Crippen LogP contribution in [0.1, 0.15) is 59.0 Å². The molecule has 0 bridgehead atoms. The lowest BCUT2D eigenvalue weighted by Gasteiger charge is -2.28. The van der Waals surface area contributed by atoms with Gasteiger partial charge in [0.05, 0.1) is 11.7 Å². The second-order valence-corrected chi connectivity index (χ2v) is 8.76. The summed E-state index contributed by atoms with van der Waals surface area (Å²) in [6.07, 6.45) is 5.25. The van der Waals surface area contributed by atoms with Crippen LogP contribution in [0, 0.1) is 13.8 Å². The Morgan fingerprint density at radius 3 is 2.55 bits per heavy atom. The number of hydrogen-bond acceptors (Lipinski definition) is 4. The van der Waals surface area contributed by atoms with Crippen LogP contribution in [0.5, 0.6) is 0 Å². The highest BCUT2D eigenvalue weighted by Gasteiger charge is 2.23. The van der Waals surface area contributed by atoms with Crippen molar-refractivity contribution >= 4 is 17.5 Å². The van der Waals surface area contributed by atoms with Crippen molar-refractivity contribution in [2.24, 2.45) is 0 Å². The zero-order chi connectivity index (χ0) is 23.2. The largest absolute Gasteiger partial charge is 0.354 e. The van der Waals surface area contributed by atoms with E-state index in [2.05, 4.69) is 44.8 Å². The van der Waals surface area contributed by atoms with Crippen molar-refractivity contribution in [1.82, 2.24) is 24.9 Å². The third-order valence-corrected chi connectivity index (χ3v) is 6.36. The Labute approximate surface area is 195 Å². The molecule has 7 heteroatoms. The normalized spacial score (nSPS) is 15.0. The molecule has 1 aliphatic heterocycles. The Morgan fingerprint density at radius 1 is 1.03 bits per heavy atom. The van der Waals surface area contributed by atoms with Crippen molar-refractivity contribution in [3.05, 3.63) is 71.2 Å². The van der Waals surface area contributed by atoms with Crippen LogP contribution in [0.3, 0.4) is 0 Å². The van der Waals surface area contributed by atoms with Gasteiger partial charge in [0.2, 0.25) is 5.91 Å². The number of imidazole rings is 1. The van der Waals surface area contributed by atoms with E-state index in [9.17, 15) is 9.59 Å². The van der Waals surface area contributed by atoms with Crippen molar-refractivity contribution in [2.45, 2.75) is 45.6 Å². The van der Waals surface area contributed by atoms with E-state index in [1.165, 1.54) is 18.4 Å².